The van der Waals surface area contributed by atoms with Crippen LogP contribution >= 0.6 is 0 Å². The van der Waals surface area contributed by atoms with Crippen LogP contribution in [-0.4, -0.2) is 47.0 Å². The quantitative estimate of drug-likeness (QED) is 0.400. The van der Waals surface area contributed by atoms with Gasteiger partial charge < -0.3 is 4.90 Å². The first-order valence-electron chi connectivity index (χ1n) is 10.6. The Kier molecular flexibility index (Phi) is 5.10. The molecule has 0 radical (unpaired) electrons. The highest BCUT2D eigenvalue weighted by atomic mass is 19.4. The standard InChI is InChI=1S/C22H20F4N8/c1-3-21(2)19-31-29-13-33(19)16-12-28-20(30-18(16)34(21)10-8-22(24,25)26)32-11-9-27-17(32)14-4-6-15(23)7-5-14/h4-7,9,11-13H,3,8,10H2,1-2H3. The van der Waals surface area contributed by atoms with Gasteiger partial charge in [-0.3, -0.25) is 9.13 Å². The minimum absolute atomic E-state index is 0.225. The van der Waals surface area contributed by atoms with E-state index >= 15 is 0 Å². The van der Waals surface area contributed by atoms with Gasteiger partial charge in [-0.1, -0.05) is 6.92 Å². The molecule has 1 atom stereocenters. The van der Waals surface area contributed by atoms with Gasteiger partial charge in [-0.25, -0.2) is 14.4 Å². The predicted octanol–water partition coefficient (Wildman–Crippen LogP) is 4.45. The summed E-state index contributed by atoms with van der Waals surface area (Å²) < 4.78 is 56.4. The molecule has 0 aliphatic carbocycles. The lowest BCUT2D eigenvalue weighted by Gasteiger charge is -2.45. The maximum absolute atomic E-state index is 13.4. The lowest BCUT2D eigenvalue weighted by atomic mass is 9.92. The molecule has 4 aromatic rings. The van der Waals surface area contributed by atoms with Gasteiger partial charge in [0.2, 0.25) is 5.95 Å². The van der Waals surface area contributed by atoms with Crippen LogP contribution in [0.2, 0.25) is 0 Å². The number of halogens is 4. The zero-order valence-electron chi connectivity index (χ0n) is 18.3. The smallest absolute Gasteiger partial charge is 0.342 e. The molecule has 0 spiro atoms. The lowest BCUT2D eigenvalue weighted by Crippen LogP contribution is -2.50. The van der Waals surface area contributed by atoms with Crippen molar-refractivity contribution < 1.29 is 17.6 Å². The fourth-order valence-electron chi connectivity index (χ4n) is 4.19. The number of benzene rings is 1. The van der Waals surface area contributed by atoms with Crippen molar-refractivity contribution in [2.45, 2.75) is 38.4 Å². The molecule has 12 heteroatoms. The molecule has 1 aliphatic rings. The molecule has 3 aromatic heterocycles. The van der Waals surface area contributed by atoms with Gasteiger partial charge in [-0.05, 0) is 37.6 Å². The monoisotopic (exact) mass is 472 g/mol. The van der Waals surface area contributed by atoms with Crippen LogP contribution in [0.1, 0.15) is 32.5 Å². The first-order valence-corrected chi connectivity index (χ1v) is 10.6. The van der Waals surface area contributed by atoms with Crippen LogP contribution < -0.4 is 4.90 Å². The largest absolute Gasteiger partial charge is 0.390 e. The Morgan fingerprint density at radius 3 is 2.53 bits per heavy atom. The summed E-state index contributed by atoms with van der Waals surface area (Å²) in [5.41, 5.74) is 0.260. The van der Waals surface area contributed by atoms with Gasteiger partial charge in [0.15, 0.2) is 11.6 Å². The van der Waals surface area contributed by atoms with Crippen LogP contribution in [0.15, 0.2) is 49.2 Å². The van der Waals surface area contributed by atoms with E-state index in [1.807, 2.05) is 13.8 Å². The number of rotatable bonds is 5. The summed E-state index contributed by atoms with van der Waals surface area (Å²) in [5, 5.41) is 8.18. The first kappa shape index (κ1) is 22.0. The Morgan fingerprint density at radius 1 is 1.06 bits per heavy atom. The summed E-state index contributed by atoms with van der Waals surface area (Å²) in [5.74, 6) is 1.18. The molecule has 1 aromatic carbocycles. The molecule has 176 valence electrons. The van der Waals surface area contributed by atoms with E-state index < -0.39 is 18.1 Å². The summed E-state index contributed by atoms with van der Waals surface area (Å²) >= 11 is 0. The van der Waals surface area contributed by atoms with Crippen molar-refractivity contribution in [2.24, 2.45) is 0 Å². The van der Waals surface area contributed by atoms with Gasteiger partial charge in [-0.2, -0.15) is 18.2 Å². The van der Waals surface area contributed by atoms with Gasteiger partial charge in [0.1, 0.15) is 23.7 Å². The number of hydrogen-bond acceptors (Lipinski definition) is 6. The zero-order valence-corrected chi connectivity index (χ0v) is 18.3. The summed E-state index contributed by atoms with van der Waals surface area (Å²) in [7, 11) is 0. The predicted molar refractivity (Wildman–Crippen MR) is 115 cm³/mol. The highest BCUT2D eigenvalue weighted by molar-refractivity contribution is 5.64. The second-order valence-electron chi connectivity index (χ2n) is 8.18. The SMILES string of the molecule is CCC1(C)c2nncn2-c2cnc(-n3ccnc3-c3ccc(F)cc3)nc2N1CCC(F)(F)F. The van der Waals surface area contributed by atoms with E-state index in [1.165, 1.54) is 24.7 Å². The second kappa shape index (κ2) is 7.89. The molecule has 1 aliphatic heterocycles. The van der Waals surface area contributed by atoms with Crippen molar-refractivity contribution in [3.8, 4) is 23.0 Å². The topological polar surface area (TPSA) is 77.5 Å². The molecular weight excluding hydrogens is 452 g/mol. The van der Waals surface area contributed by atoms with Gasteiger partial charge in [0.25, 0.3) is 0 Å². The number of fused-ring (bicyclic) bond motifs is 3. The summed E-state index contributed by atoms with van der Waals surface area (Å²) in [6.45, 7) is 3.41. The molecule has 34 heavy (non-hydrogen) atoms. The number of alkyl halides is 3. The maximum atomic E-state index is 13.4. The molecule has 4 heterocycles. The number of imidazole rings is 1. The molecule has 0 fully saturated rings. The number of aromatic nitrogens is 7. The molecule has 0 saturated carbocycles. The second-order valence-corrected chi connectivity index (χ2v) is 8.18. The van der Waals surface area contributed by atoms with Crippen molar-refractivity contribution in [2.75, 3.05) is 11.4 Å². The molecule has 0 N–H and O–H groups in total. The molecule has 8 nitrogen and oxygen atoms in total. The average Bonchev–Trinajstić information content (AvgIpc) is 3.49. The minimum atomic E-state index is -4.34. The fourth-order valence-corrected chi connectivity index (χ4v) is 4.19. The Bertz CT molecular complexity index is 1330. The number of nitrogens with zero attached hydrogens (tertiary/aromatic N) is 8. The highest BCUT2D eigenvalue weighted by Gasteiger charge is 2.44. The third-order valence-electron chi connectivity index (χ3n) is 6.14. The van der Waals surface area contributed by atoms with Crippen LogP contribution in [0.25, 0.3) is 23.0 Å². The van der Waals surface area contributed by atoms with Gasteiger partial charge in [0.05, 0.1) is 18.2 Å². The molecular formula is C22H20F4N8. The lowest BCUT2D eigenvalue weighted by molar-refractivity contribution is -0.133. The molecule has 1 unspecified atom stereocenters. The highest BCUT2D eigenvalue weighted by Crippen LogP contribution is 2.43. The average molecular weight is 472 g/mol. The Labute approximate surface area is 191 Å². The first-order chi connectivity index (χ1) is 16.2. The van der Waals surface area contributed by atoms with E-state index in [-0.39, 0.29) is 18.3 Å². The number of anilines is 1. The summed E-state index contributed by atoms with van der Waals surface area (Å²) in [6.07, 6.45) is 1.37. The molecule has 0 bridgehead atoms. The minimum Gasteiger partial charge on any atom is -0.342 e. The van der Waals surface area contributed by atoms with E-state index in [1.54, 1.807) is 38.6 Å². The van der Waals surface area contributed by atoms with Gasteiger partial charge in [-0.15, -0.1) is 10.2 Å². The van der Waals surface area contributed by atoms with Gasteiger partial charge in [0, 0.05) is 24.5 Å². The van der Waals surface area contributed by atoms with E-state index in [9.17, 15) is 17.6 Å². The van der Waals surface area contributed by atoms with Crippen LogP contribution in [0, 0.1) is 5.82 Å². The van der Waals surface area contributed by atoms with Crippen LogP contribution in [0.5, 0.6) is 0 Å². The van der Waals surface area contributed by atoms with Crippen LogP contribution in [0.4, 0.5) is 23.4 Å². The molecule has 0 saturated heterocycles. The molecule has 5 rings (SSSR count). The van der Waals surface area contributed by atoms with Crippen molar-refractivity contribution in [3.05, 3.63) is 60.8 Å². The van der Waals surface area contributed by atoms with Crippen molar-refractivity contribution in [1.82, 2.24) is 34.3 Å². The Hall–Kier alpha value is -3.83. The van der Waals surface area contributed by atoms with Gasteiger partial charge >= 0.3 is 6.18 Å². The van der Waals surface area contributed by atoms with Crippen LogP contribution in [0.3, 0.4) is 0 Å². The van der Waals surface area contributed by atoms with E-state index in [4.69, 9.17) is 0 Å². The van der Waals surface area contributed by atoms with Crippen molar-refractivity contribution in [1.29, 1.82) is 0 Å². The van der Waals surface area contributed by atoms with E-state index in [2.05, 4.69) is 25.1 Å². The summed E-state index contributed by atoms with van der Waals surface area (Å²) in [6, 6.07) is 5.81. The third-order valence-corrected chi connectivity index (χ3v) is 6.14. The third kappa shape index (κ3) is 3.58. The summed E-state index contributed by atoms with van der Waals surface area (Å²) in [4.78, 5) is 15.1. The fraction of sp³-hybridized carbons (Fsp3) is 0.318. The van der Waals surface area contributed by atoms with E-state index in [0.29, 0.717) is 35.1 Å². The Morgan fingerprint density at radius 2 is 1.82 bits per heavy atom. The van der Waals surface area contributed by atoms with Crippen molar-refractivity contribution >= 4 is 5.82 Å². The molecule has 0 amide bonds. The zero-order chi connectivity index (χ0) is 24.1. The normalized spacial score (nSPS) is 17.5. The maximum Gasteiger partial charge on any atom is 0.390 e. The van der Waals surface area contributed by atoms with Crippen LogP contribution in [-0.2, 0) is 5.54 Å². The Balaban J connectivity index is 1.65. The van der Waals surface area contributed by atoms with Crippen molar-refractivity contribution in [3.63, 3.8) is 0 Å². The van der Waals surface area contributed by atoms with E-state index in [0.717, 1.165) is 0 Å². The number of hydrogen-bond donors (Lipinski definition) is 0.